The molecule has 0 saturated heterocycles. The molecule has 0 radical (unpaired) electrons. The predicted molar refractivity (Wildman–Crippen MR) is 96.1 cm³/mol. The van der Waals surface area contributed by atoms with Gasteiger partial charge in [-0.15, -0.1) is 0 Å². The number of carbonyl (C=O) groups is 1. The van der Waals surface area contributed by atoms with Gasteiger partial charge in [-0.2, -0.15) is 0 Å². The van der Waals surface area contributed by atoms with Crippen LogP contribution in [0.15, 0.2) is 11.6 Å². The van der Waals surface area contributed by atoms with Gasteiger partial charge in [-0.1, -0.05) is 84.1 Å². The highest BCUT2D eigenvalue weighted by Gasteiger charge is 2.04. The average molecular weight is 311 g/mol. The Morgan fingerprint density at radius 3 is 1.82 bits per heavy atom. The first-order valence-corrected chi connectivity index (χ1v) is 9.56. The van der Waals surface area contributed by atoms with Crippen molar-refractivity contribution in [1.82, 2.24) is 0 Å². The van der Waals surface area contributed by atoms with Crippen molar-refractivity contribution < 1.29 is 9.53 Å². The number of allylic oxidation sites excluding steroid dienone is 1. The summed E-state index contributed by atoms with van der Waals surface area (Å²) >= 11 is 0. The van der Waals surface area contributed by atoms with Gasteiger partial charge >= 0.3 is 5.97 Å². The van der Waals surface area contributed by atoms with Crippen LogP contribution in [0.4, 0.5) is 0 Å². The zero-order valence-corrected chi connectivity index (χ0v) is 15.3. The lowest BCUT2D eigenvalue weighted by Crippen LogP contribution is -2.06. The highest BCUT2D eigenvalue weighted by molar-refractivity contribution is 5.87. The molecule has 0 aliphatic heterocycles. The van der Waals surface area contributed by atoms with E-state index in [1.807, 2.05) is 13.0 Å². The lowest BCUT2D eigenvalue weighted by atomic mass is 10.1. The molecule has 0 unspecified atom stereocenters. The number of hydrogen-bond donors (Lipinski definition) is 0. The Hall–Kier alpha value is -0.790. The van der Waals surface area contributed by atoms with Crippen LogP contribution in [0.5, 0.6) is 0 Å². The quantitative estimate of drug-likeness (QED) is 0.194. The minimum atomic E-state index is -0.138. The van der Waals surface area contributed by atoms with Crippen LogP contribution >= 0.6 is 0 Å². The summed E-state index contributed by atoms with van der Waals surface area (Å²) in [6, 6.07) is 0. The van der Waals surface area contributed by atoms with Crippen molar-refractivity contribution in [2.75, 3.05) is 6.61 Å². The van der Waals surface area contributed by atoms with Gasteiger partial charge in [-0.05, 0) is 26.2 Å². The molecule has 0 aromatic heterocycles. The van der Waals surface area contributed by atoms with Crippen LogP contribution in [-0.2, 0) is 9.53 Å². The molecule has 0 bridgehead atoms. The standard InChI is InChI=1S/C20H38O2/c1-4-6-8-9-10-11-12-13-14-15-16-17-19(3)20(21)22-18-7-5-2/h17H,4-16,18H2,1-3H3/b19-17+. The lowest BCUT2D eigenvalue weighted by molar-refractivity contribution is -0.139. The fourth-order valence-corrected chi connectivity index (χ4v) is 2.46. The normalized spacial score (nSPS) is 11.7. The van der Waals surface area contributed by atoms with Gasteiger partial charge in [0.25, 0.3) is 0 Å². The molecule has 0 fully saturated rings. The molecule has 0 aromatic carbocycles. The summed E-state index contributed by atoms with van der Waals surface area (Å²) in [5.41, 5.74) is 0.770. The third-order valence-electron chi connectivity index (χ3n) is 4.06. The second kappa shape index (κ2) is 16.6. The minimum absolute atomic E-state index is 0.138. The van der Waals surface area contributed by atoms with Crippen molar-refractivity contribution in [2.45, 2.75) is 104 Å². The SMILES string of the molecule is CCCCCCCCCCCC/C=C(\C)C(=O)OCCCC. The maximum absolute atomic E-state index is 11.6. The molecule has 0 aliphatic rings. The molecule has 0 N–H and O–H groups in total. The maximum Gasteiger partial charge on any atom is 0.333 e. The molecular weight excluding hydrogens is 272 g/mol. The fraction of sp³-hybridized carbons (Fsp3) is 0.850. The van der Waals surface area contributed by atoms with Crippen LogP contribution in [0.2, 0.25) is 0 Å². The maximum atomic E-state index is 11.6. The van der Waals surface area contributed by atoms with Crippen LogP contribution in [0.1, 0.15) is 104 Å². The molecule has 0 heterocycles. The van der Waals surface area contributed by atoms with Crippen LogP contribution in [0.3, 0.4) is 0 Å². The van der Waals surface area contributed by atoms with E-state index in [1.54, 1.807) is 0 Å². The van der Waals surface area contributed by atoms with E-state index in [0.717, 1.165) is 24.8 Å². The lowest BCUT2D eigenvalue weighted by Gasteiger charge is -2.04. The first-order valence-electron chi connectivity index (χ1n) is 9.56. The van der Waals surface area contributed by atoms with Gasteiger partial charge in [-0.3, -0.25) is 0 Å². The van der Waals surface area contributed by atoms with E-state index in [0.29, 0.717) is 6.61 Å². The number of hydrogen-bond acceptors (Lipinski definition) is 2. The molecule has 0 aromatic rings. The number of carbonyl (C=O) groups excluding carboxylic acids is 1. The third-order valence-corrected chi connectivity index (χ3v) is 4.06. The number of esters is 1. The third kappa shape index (κ3) is 14.2. The van der Waals surface area contributed by atoms with Crippen molar-refractivity contribution in [1.29, 1.82) is 0 Å². The summed E-state index contributed by atoms with van der Waals surface area (Å²) in [5, 5.41) is 0. The van der Waals surface area contributed by atoms with Crippen molar-refractivity contribution in [2.24, 2.45) is 0 Å². The van der Waals surface area contributed by atoms with Gasteiger partial charge in [0, 0.05) is 5.57 Å². The van der Waals surface area contributed by atoms with E-state index in [2.05, 4.69) is 13.8 Å². The van der Waals surface area contributed by atoms with Gasteiger partial charge in [0.05, 0.1) is 6.61 Å². The highest BCUT2D eigenvalue weighted by Crippen LogP contribution is 2.12. The zero-order chi connectivity index (χ0) is 16.5. The Bertz CT molecular complexity index is 281. The fourth-order valence-electron chi connectivity index (χ4n) is 2.46. The first-order chi connectivity index (χ1) is 10.7. The first kappa shape index (κ1) is 21.2. The Balaban J connectivity index is 3.39. The second-order valence-corrected chi connectivity index (χ2v) is 6.35. The van der Waals surface area contributed by atoms with Crippen molar-refractivity contribution in [3.05, 3.63) is 11.6 Å². The molecule has 2 nitrogen and oxygen atoms in total. The number of rotatable bonds is 15. The van der Waals surface area contributed by atoms with Crippen molar-refractivity contribution >= 4 is 5.97 Å². The van der Waals surface area contributed by atoms with E-state index in [4.69, 9.17) is 4.74 Å². The Morgan fingerprint density at radius 1 is 0.773 bits per heavy atom. The zero-order valence-electron chi connectivity index (χ0n) is 15.3. The van der Waals surface area contributed by atoms with Gasteiger partial charge in [0.15, 0.2) is 0 Å². The molecule has 130 valence electrons. The Morgan fingerprint density at radius 2 is 1.27 bits per heavy atom. The highest BCUT2D eigenvalue weighted by atomic mass is 16.5. The van der Waals surface area contributed by atoms with Gasteiger partial charge in [-0.25, -0.2) is 4.79 Å². The smallest absolute Gasteiger partial charge is 0.333 e. The Kier molecular flexibility index (Phi) is 16.0. The number of unbranched alkanes of at least 4 members (excludes halogenated alkanes) is 11. The monoisotopic (exact) mass is 310 g/mol. The molecular formula is C20H38O2. The van der Waals surface area contributed by atoms with Crippen LogP contribution in [-0.4, -0.2) is 12.6 Å². The molecule has 0 rings (SSSR count). The van der Waals surface area contributed by atoms with Crippen molar-refractivity contribution in [3.8, 4) is 0 Å². The predicted octanol–water partition coefficient (Wildman–Crippen LogP) is 6.59. The summed E-state index contributed by atoms with van der Waals surface area (Å²) in [7, 11) is 0. The molecule has 2 heteroatoms. The molecule has 0 aliphatic carbocycles. The second-order valence-electron chi connectivity index (χ2n) is 6.35. The summed E-state index contributed by atoms with van der Waals surface area (Å²) < 4.78 is 5.19. The minimum Gasteiger partial charge on any atom is -0.462 e. The molecule has 0 saturated carbocycles. The van der Waals surface area contributed by atoms with Gasteiger partial charge in [0.2, 0.25) is 0 Å². The average Bonchev–Trinajstić information content (AvgIpc) is 2.52. The summed E-state index contributed by atoms with van der Waals surface area (Å²) in [5.74, 6) is -0.138. The Labute approximate surface area is 138 Å². The molecule has 0 spiro atoms. The van der Waals surface area contributed by atoms with E-state index in [1.165, 1.54) is 64.2 Å². The van der Waals surface area contributed by atoms with Crippen LogP contribution < -0.4 is 0 Å². The van der Waals surface area contributed by atoms with Crippen LogP contribution in [0.25, 0.3) is 0 Å². The largest absolute Gasteiger partial charge is 0.462 e. The summed E-state index contributed by atoms with van der Waals surface area (Å²) in [6.45, 7) is 6.78. The molecule has 0 atom stereocenters. The molecule has 0 amide bonds. The summed E-state index contributed by atoms with van der Waals surface area (Å²) in [4.78, 5) is 11.6. The van der Waals surface area contributed by atoms with E-state index < -0.39 is 0 Å². The molecule has 22 heavy (non-hydrogen) atoms. The van der Waals surface area contributed by atoms with E-state index in [9.17, 15) is 4.79 Å². The topological polar surface area (TPSA) is 26.3 Å². The van der Waals surface area contributed by atoms with Crippen molar-refractivity contribution in [3.63, 3.8) is 0 Å². The van der Waals surface area contributed by atoms with E-state index in [-0.39, 0.29) is 5.97 Å². The number of ether oxygens (including phenoxy) is 1. The van der Waals surface area contributed by atoms with E-state index >= 15 is 0 Å². The van der Waals surface area contributed by atoms with Crippen LogP contribution in [0, 0.1) is 0 Å². The van der Waals surface area contributed by atoms with Gasteiger partial charge < -0.3 is 4.74 Å². The summed E-state index contributed by atoms with van der Waals surface area (Å²) in [6.07, 6.45) is 18.6. The van der Waals surface area contributed by atoms with Gasteiger partial charge in [0.1, 0.15) is 0 Å².